The molecule has 0 saturated carbocycles. The fraction of sp³-hybridized carbons (Fsp3) is 0.571. The molecule has 5 rings (SSSR count). The maximum Gasteiger partial charge on any atom is 0.257 e. The van der Waals surface area contributed by atoms with Crippen molar-refractivity contribution in [3.05, 3.63) is 47.3 Å². The number of likely N-dealkylation sites (tertiary alicyclic amines) is 1. The summed E-state index contributed by atoms with van der Waals surface area (Å²) >= 11 is 0. The second-order valence-corrected chi connectivity index (χ2v) is 12.6. The molecule has 3 fully saturated rings. The first kappa shape index (κ1) is 26.7. The largest absolute Gasteiger partial charge is 0.368 e. The molecule has 3 aliphatic heterocycles. The number of anilines is 1. The first-order valence-corrected chi connectivity index (χ1v) is 15.3. The van der Waals surface area contributed by atoms with Gasteiger partial charge in [-0.25, -0.2) is 8.42 Å². The third-order valence-corrected chi connectivity index (χ3v) is 10.4. The van der Waals surface area contributed by atoms with E-state index in [0.29, 0.717) is 50.4 Å². The molecule has 2 amide bonds. The van der Waals surface area contributed by atoms with E-state index in [9.17, 15) is 18.0 Å². The van der Waals surface area contributed by atoms with Crippen LogP contribution in [0.3, 0.4) is 0 Å². The number of hydrogen-bond donors (Lipinski definition) is 1. The Labute approximate surface area is 225 Å². The first-order chi connectivity index (χ1) is 18.3. The second-order valence-electron chi connectivity index (χ2n) is 10.8. The predicted octanol–water partition coefficient (Wildman–Crippen LogP) is 3.01. The highest BCUT2D eigenvalue weighted by molar-refractivity contribution is 7.89. The van der Waals surface area contributed by atoms with Crippen molar-refractivity contribution in [1.82, 2.24) is 19.1 Å². The number of nitrogens with one attached hydrogen (secondary N) is 1. The molecule has 1 N–H and O–H groups in total. The molecule has 3 aliphatic rings. The van der Waals surface area contributed by atoms with Gasteiger partial charge in [-0.3, -0.25) is 9.59 Å². The average molecular weight is 542 g/mol. The Bertz CT molecular complexity index is 1250. The highest BCUT2D eigenvalue weighted by atomic mass is 32.2. The summed E-state index contributed by atoms with van der Waals surface area (Å²) in [6.07, 6.45) is 3.97. The number of amides is 2. The molecule has 1 aromatic carbocycles. The number of carbonyl (C=O) groups excluding carboxylic acids is 2. The van der Waals surface area contributed by atoms with Crippen LogP contribution in [0.25, 0.3) is 0 Å². The molecule has 0 radical (unpaired) electrons. The summed E-state index contributed by atoms with van der Waals surface area (Å²) in [6.45, 7) is 8.32. The van der Waals surface area contributed by atoms with Crippen molar-refractivity contribution in [3.63, 3.8) is 0 Å². The van der Waals surface area contributed by atoms with E-state index in [1.807, 2.05) is 23.1 Å². The molecule has 0 spiro atoms. The Hall–Kier alpha value is -2.85. The standard InChI is InChI=1S/C28H39N5O4S/c1-21-25(28(35)31-13-7-4-8-14-31)26(22(2)29-21)38(36,37)33-15-11-23(12-16-33)27(34)32-19-17-30(18-20-32)24-9-5-3-6-10-24/h3,5-6,9-10,23,29H,4,7-8,11-20H2,1-2H3. The third-order valence-electron chi connectivity index (χ3n) is 8.29. The van der Waals surface area contributed by atoms with Crippen LogP contribution < -0.4 is 4.90 Å². The van der Waals surface area contributed by atoms with Gasteiger partial charge >= 0.3 is 0 Å². The van der Waals surface area contributed by atoms with Crippen molar-refractivity contribution in [2.24, 2.45) is 5.92 Å². The Balaban J connectivity index is 1.22. The van der Waals surface area contributed by atoms with Gasteiger partial charge in [-0.2, -0.15) is 4.31 Å². The number of benzene rings is 1. The number of H-pyrrole nitrogens is 1. The van der Waals surface area contributed by atoms with E-state index in [1.54, 1.807) is 18.7 Å². The van der Waals surface area contributed by atoms with Gasteiger partial charge in [0.2, 0.25) is 15.9 Å². The topological polar surface area (TPSA) is 97.0 Å². The summed E-state index contributed by atoms with van der Waals surface area (Å²) in [5.41, 5.74) is 2.54. The minimum Gasteiger partial charge on any atom is -0.368 e. The van der Waals surface area contributed by atoms with Crippen LogP contribution >= 0.6 is 0 Å². The lowest BCUT2D eigenvalue weighted by molar-refractivity contribution is -0.137. The van der Waals surface area contributed by atoms with E-state index in [0.717, 1.165) is 32.4 Å². The molecule has 206 valence electrons. The molecule has 0 unspecified atom stereocenters. The zero-order valence-corrected chi connectivity index (χ0v) is 23.3. The average Bonchev–Trinajstić information content (AvgIpc) is 3.27. The van der Waals surface area contributed by atoms with Crippen molar-refractivity contribution in [1.29, 1.82) is 0 Å². The molecule has 38 heavy (non-hydrogen) atoms. The van der Waals surface area contributed by atoms with Gasteiger partial charge in [0, 0.05) is 75.4 Å². The van der Waals surface area contributed by atoms with Crippen molar-refractivity contribution in [3.8, 4) is 0 Å². The first-order valence-electron chi connectivity index (χ1n) is 13.8. The van der Waals surface area contributed by atoms with E-state index < -0.39 is 10.0 Å². The summed E-state index contributed by atoms with van der Waals surface area (Å²) < 4.78 is 29.1. The number of piperazine rings is 1. The minimum atomic E-state index is -3.88. The SMILES string of the molecule is Cc1[nH]c(C)c(S(=O)(=O)N2CCC(C(=O)N3CCN(c4ccccc4)CC3)CC2)c1C(=O)N1CCCCC1. The van der Waals surface area contributed by atoms with Gasteiger partial charge in [-0.1, -0.05) is 18.2 Å². The number of nitrogens with zero attached hydrogens (tertiary/aromatic N) is 4. The number of hydrogen-bond acceptors (Lipinski definition) is 5. The van der Waals surface area contributed by atoms with E-state index in [2.05, 4.69) is 22.0 Å². The van der Waals surface area contributed by atoms with Gasteiger partial charge in [-0.15, -0.1) is 0 Å². The summed E-state index contributed by atoms with van der Waals surface area (Å²) in [5, 5.41) is 0. The molecule has 0 aliphatic carbocycles. The zero-order valence-electron chi connectivity index (χ0n) is 22.5. The smallest absolute Gasteiger partial charge is 0.257 e. The number of carbonyl (C=O) groups is 2. The van der Waals surface area contributed by atoms with Gasteiger partial charge in [-0.05, 0) is 58.1 Å². The summed E-state index contributed by atoms with van der Waals surface area (Å²) in [4.78, 5) is 35.9. The maximum absolute atomic E-state index is 13.8. The number of sulfonamides is 1. The monoisotopic (exact) mass is 541 g/mol. The van der Waals surface area contributed by atoms with Gasteiger partial charge in [0.1, 0.15) is 4.90 Å². The quantitative estimate of drug-likeness (QED) is 0.628. The molecule has 0 bridgehead atoms. The lowest BCUT2D eigenvalue weighted by atomic mass is 9.96. The summed E-state index contributed by atoms with van der Waals surface area (Å²) in [6, 6.07) is 10.2. The molecule has 9 nitrogen and oxygen atoms in total. The molecule has 1 aromatic heterocycles. The van der Waals surface area contributed by atoms with Crippen molar-refractivity contribution < 1.29 is 18.0 Å². The number of para-hydroxylation sites is 1. The van der Waals surface area contributed by atoms with Gasteiger partial charge in [0.25, 0.3) is 5.91 Å². The van der Waals surface area contributed by atoms with Crippen LogP contribution in [0.1, 0.15) is 53.8 Å². The Morgan fingerprint density at radius 2 is 1.42 bits per heavy atom. The lowest BCUT2D eigenvalue weighted by Gasteiger charge is -2.39. The van der Waals surface area contributed by atoms with Crippen LogP contribution in [-0.4, -0.2) is 91.7 Å². The lowest BCUT2D eigenvalue weighted by Crippen LogP contribution is -2.52. The molecular weight excluding hydrogens is 502 g/mol. The van der Waals surface area contributed by atoms with E-state index >= 15 is 0 Å². The Morgan fingerprint density at radius 1 is 0.789 bits per heavy atom. The highest BCUT2D eigenvalue weighted by Gasteiger charge is 2.39. The van der Waals surface area contributed by atoms with E-state index in [4.69, 9.17) is 0 Å². The van der Waals surface area contributed by atoms with Crippen LogP contribution in [0.2, 0.25) is 0 Å². The number of aryl methyl sites for hydroxylation is 2. The van der Waals surface area contributed by atoms with Crippen molar-refractivity contribution in [2.75, 3.05) is 57.3 Å². The van der Waals surface area contributed by atoms with Crippen molar-refractivity contribution in [2.45, 2.75) is 50.8 Å². The number of rotatable bonds is 5. The Morgan fingerprint density at radius 3 is 2.05 bits per heavy atom. The number of aromatic nitrogens is 1. The van der Waals surface area contributed by atoms with E-state index in [-0.39, 0.29) is 41.3 Å². The number of aromatic amines is 1. The minimum absolute atomic E-state index is 0.104. The van der Waals surface area contributed by atoms with Crippen molar-refractivity contribution >= 4 is 27.5 Å². The van der Waals surface area contributed by atoms with Crippen LogP contribution in [0.4, 0.5) is 5.69 Å². The van der Waals surface area contributed by atoms with Crippen LogP contribution in [-0.2, 0) is 14.8 Å². The fourth-order valence-electron chi connectivity index (χ4n) is 6.15. The van der Waals surface area contributed by atoms with E-state index in [1.165, 1.54) is 9.99 Å². The van der Waals surface area contributed by atoms with Gasteiger partial charge in [0.05, 0.1) is 5.56 Å². The third kappa shape index (κ3) is 5.20. The number of piperidine rings is 2. The molecule has 2 aromatic rings. The molecule has 4 heterocycles. The second kappa shape index (κ2) is 11.1. The zero-order chi connectivity index (χ0) is 26.9. The summed E-state index contributed by atoms with van der Waals surface area (Å²) in [5.74, 6) is -0.248. The molecular formula is C28H39N5O4S. The summed E-state index contributed by atoms with van der Waals surface area (Å²) in [7, 11) is -3.88. The molecule has 3 saturated heterocycles. The van der Waals surface area contributed by atoms with Gasteiger partial charge in [0.15, 0.2) is 0 Å². The molecule has 0 atom stereocenters. The fourth-order valence-corrected chi connectivity index (χ4v) is 8.03. The van der Waals surface area contributed by atoms with Gasteiger partial charge < -0.3 is 19.7 Å². The predicted molar refractivity (Wildman–Crippen MR) is 147 cm³/mol. The normalized spacial score (nSPS) is 20.1. The molecule has 10 heteroatoms. The van der Waals surface area contributed by atoms with Crippen LogP contribution in [0, 0.1) is 19.8 Å². The van der Waals surface area contributed by atoms with Crippen LogP contribution in [0.15, 0.2) is 35.2 Å². The Kier molecular flexibility index (Phi) is 7.81. The van der Waals surface area contributed by atoms with Crippen LogP contribution in [0.5, 0.6) is 0 Å². The highest BCUT2D eigenvalue weighted by Crippen LogP contribution is 2.32. The maximum atomic E-state index is 13.8.